The first-order valence-electron chi connectivity index (χ1n) is 11.9. The normalized spacial score (nSPS) is 21.8. The lowest BCUT2D eigenvalue weighted by atomic mass is 9.71. The van der Waals surface area contributed by atoms with E-state index in [9.17, 15) is 4.79 Å². The number of ether oxygens (including phenoxy) is 3. The second kappa shape index (κ2) is 10.2. The maximum atomic E-state index is 12.4. The standard InChI is InChI=1S/C27H35N3O4/c1-6-34-24-15-20-21(16-23(24)33-5)25(29-27(2)11-13-30(3)17-22(20)27)18-7-9-19(10-8-18)26(31)28-12-14-32-4/h7-10,15-16,22H,6,11-14,17H2,1-5H3,(H,28,31)/t22-,27-/m1/s1. The molecule has 0 radical (unpaired) electrons. The molecule has 34 heavy (non-hydrogen) atoms. The molecule has 2 aliphatic heterocycles. The number of nitrogens with one attached hydrogen (secondary N) is 1. The number of methoxy groups -OCH3 is 2. The molecule has 1 N–H and O–H groups in total. The fourth-order valence-electron chi connectivity index (χ4n) is 4.94. The van der Waals surface area contributed by atoms with Crippen LogP contribution in [0.4, 0.5) is 0 Å². The third kappa shape index (κ3) is 4.68. The number of aliphatic imine (C=N–C) groups is 1. The highest BCUT2D eigenvalue weighted by Crippen LogP contribution is 2.47. The summed E-state index contributed by atoms with van der Waals surface area (Å²) in [4.78, 5) is 20.1. The van der Waals surface area contributed by atoms with E-state index in [1.165, 1.54) is 5.56 Å². The van der Waals surface area contributed by atoms with Gasteiger partial charge in [-0.15, -0.1) is 0 Å². The quantitative estimate of drug-likeness (QED) is 0.604. The SMILES string of the molecule is CCOc1cc2c(cc1OC)C(c1ccc(C(=O)NCCOC)cc1)=N[C@]1(C)CCN(C)C[C@H]21. The first-order valence-corrected chi connectivity index (χ1v) is 11.9. The molecular formula is C27H35N3O4. The van der Waals surface area contributed by atoms with Crippen LogP contribution in [-0.4, -0.2) is 76.2 Å². The maximum absolute atomic E-state index is 12.4. The minimum atomic E-state index is -0.205. The summed E-state index contributed by atoms with van der Waals surface area (Å²) in [5.41, 5.74) is 4.64. The van der Waals surface area contributed by atoms with Gasteiger partial charge in [0.05, 0.1) is 31.6 Å². The molecule has 1 fully saturated rings. The maximum Gasteiger partial charge on any atom is 0.251 e. The van der Waals surface area contributed by atoms with Gasteiger partial charge in [0.2, 0.25) is 0 Å². The van der Waals surface area contributed by atoms with E-state index in [2.05, 4.69) is 36.3 Å². The summed E-state index contributed by atoms with van der Waals surface area (Å²) >= 11 is 0. The van der Waals surface area contributed by atoms with Crippen LogP contribution in [0.2, 0.25) is 0 Å². The molecule has 0 aromatic heterocycles. The number of piperidine rings is 1. The highest BCUT2D eigenvalue weighted by molar-refractivity contribution is 6.15. The number of benzene rings is 2. The van der Waals surface area contributed by atoms with Crippen molar-refractivity contribution in [3.05, 3.63) is 58.7 Å². The van der Waals surface area contributed by atoms with Crippen LogP contribution in [0.1, 0.15) is 53.2 Å². The molecule has 2 heterocycles. The Morgan fingerprint density at radius 1 is 1.21 bits per heavy atom. The van der Waals surface area contributed by atoms with Gasteiger partial charge in [0.25, 0.3) is 5.91 Å². The summed E-state index contributed by atoms with van der Waals surface area (Å²) in [6.45, 7) is 7.73. The smallest absolute Gasteiger partial charge is 0.251 e. The molecule has 2 aromatic rings. The van der Waals surface area contributed by atoms with E-state index in [4.69, 9.17) is 19.2 Å². The van der Waals surface area contributed by atoms with Crippen molar-refractivity contribution in [3.8, 4) is 11.5 Å². The molecule has 0 unspecified atom stereocenters. The Kier molecular flexibility index (Phi) is 7.24. The van der Waals surface area contributed by atoms with Gasteiger partial charge in [-0.2, -0.15) is 0 Å². The van der Waals surface area contributed by atoms with E-state index >= 15 is 0 Å². The monoisotopic (exact) mass is 465 g/mol. The van der Waals surface area contributed by atoms with Crippen molar-refractivity contribution in [1.82, 2.24) is 10.2 Å². The van der Waals surface area contributed by atoms with Crippen LogP contribution in [0.3, 0.4) is 0 Å². The summed E-state index contributed by atoms with van der Waals surface area (Å²) in [5, 5.41) is 2.87. The molecule has 1 saturated heterocycles. The van der Waals surface area contributed by atoms with Crippen LogP contribution in [0, 0.1) is 0 Å². The van der Waals surface area contributed by atoms with E-state index < -0.39 is 0 Å². The van der Waals surface area contributed by atoms with Crippen molar-refractivity contribution in [1.29, 1.82) is 0 Å². The van der Waals surface area contributed by atoms with E-state index in [0.717, 1.165) is 42.1 Å². The van der Waals surface area contributed by atoms with Crippen molar-refractivity contribution in [2.75, 3.05) is 54.1 Å². The summed E-state index contributed by atoms with van der Waals surface area (Å²) in [6.07, 6.45) is 0.979. The first kappa shape index (κ1) is 24.2. The fourth-order valence-corrected chi connectivity index (χ4v) is 4.94. The average molecular weight is 466 g/mol. The minimum Gasteiger partial charge on any atom is -0.493 e. The van der Waals surface area contributed by atoms with Gasteiger partial charge in [-0.3, -0.25) is 9.79 Å². The first-order chi connectivity index (χ1) is 16.4. The van der Waals surface area contributed by atoms with Gasteiger partial charge < -0.3 is 24.4 Å². The van der Waals surface area contributed by atoms with Crippen LogP contribution in [0.25, 0.3) is 0 Å². The van der Waals surface area contributed by atoms with Gasteiger partial charge in [-0.25, -0.2) is 0 Å². The van der Waals surface area contributed by atoms with Crippen molar-refractivity contribution in [2.24, 2.45) is 4.99 Å². The molecule has 0 saturated carbocycles. The second-order valence-corrected chi connectivity index (χ2v) is 9.23. The van der Waals surface area contributed by atoms with E-state index in [1.807, 2.05) is 31.2 Å². The Balaban J connectivity index is 1.76. The van der Waals surface area contributed by atoms with Gasteiger partial charge >= 0.3 is 0 Å². The lowest BCUT2D eigenvalue weighted by molar-refractivity contribution is 0.0937. The van der Waals surface area contributed by atoms with E-state index in [0.29, 0.717) is 31.1 Å². The number of rotatable bonds is 8. The zero-order valence-electron chi connectivity index (χ0n) is 20.8. The highest BCUT2D eigenvalue weighted by atomic mass is 16.5. The molecule has 7 nitrogen and oxygen atoms in total. The summed E-state index contributed by atoms with van der Waals surface area (Å²) in [6, 6.07) is 11.9. The molecule has 0 bridgehead atoms. The zero-order valence-corrected chi connectivity index (χ0v) is 20.8. The highest BCUT2D eigenvalue weighted by Gasteiger charge is 2.44. The molecule has 0 aliphatic carbocycles. The number of likely N-dealkylation sites (N-methyl/N-ethyl adjacent to an activating group) is 1. The van der Waals surface area contributed by atoms with E-state index in [-0.39, 0.29) is 17.4 Å². The molecule has 182 valence electrons. The van der Waals surface area contributed by atoms with Crippen LogP contribution < -0.4 is 14.8 Å². The number of carbonyl (C=O) groups excluding carboxylic acids is 1. The molecule has 2 aromatic carbocycles. The van der Waals surface area contributed by atoms with Gasteiger partial charge in [0.1, 0.15) is 0 Å². The summed E-state index contributed by atoms with van der Waals surface area (Å²) in [7, 11) is 5.45. The van der Waals surface area contributed by atoms with Gasteiger partial charge in [0, 0.05) is 49.4 Å². The summed E-state index contributed by atoms with van der Waals surface area (Å²) in [5.74, 6) is 1.62. The summed E-state index contributed by atoms with van der Waals surface area (Å²) < 4.78 is 16.6. The number of amides is 1. The van der Waals surface area contributed by atoms with E-state index in [1.54, 1.807) is 14.2 Å². The lowest BCUT2D eigenvalue weighted by Gasteiger charge is -2.46. The van der Waals surface area contributed by atoms with Crippen LogP contribution in [0.15, 0.2) is 41.4 Å². The minimum absolute atomic E-state index is 0.111. The Labute approximate surface area is 202 Å². The average Bonchev–Trinajstić information content (AvgIpc) is 2.84. The largest absolute Gasteiger partial charge is 0.493 e. The van der Waals surface area contributed by atoms with Crippen molar-refractivity contribution < 1.29 is 19.0 Å². The molecular weight excluding hydrogens is 430 g/mol. The number of hydrogen-bond donors (Lipinski definition) is 1. The number of hydrogen-bond acceptors (Lipinski definition) is 6. The molecule has 1 amide bonds. The number of carbonyl (C=O) groups is 1. The van der Waals surface area contributed by atoms with Gasteiger partial charge in [-0.05, 0) is 57.1 Å². The molecule has 7 heteroatoms. The number of nitrogens with zero attached hydrogens (tertiary/aromatic N) is 2. The number of likely N-dealkylation sites (tertiary alicyclic amines) is 1. The Morgan fingerprint density at radius 3 is 2.65 bits per heavy atom. The van der Waals surface area contributed by atoms with Crippen LogP contribution in [0.5, 0.6) is 11.5 Å². The topological polar surface area (TPSA) is 72.4 Å². The van der Waals surface area contributed by atoms with Crippen LogP contribution in [-0.2, 0) is 4.74 Å². The molecule has 2 aliphatic rings. The van der Waals surface area contributed by atoms with Gasteiger partial charge in [0.15, 0.2) is 11.5 Å². The third-order valence-electron chi connectivity index (χ3n) is 6.89. The molecule has 4 rings (SSSR count). The predicted molar refractivity (Wildman–Crippen MR) is 134 cm³/mol. The third-order valence-corrected chi connectivity index (χ3v) is 6.89. The number of fused-ring (bicyclic) bond motifs is 3. The van der Waals surface area contributed by atoms with Crippen molar-refractivity contribution >= 4 is 11.6 Å². The molecule has 0 spiro atoms. The predicted octanol–water partition coefficient (Wildman–Crippen LogP) is 3.50. The Morgan fingerprint density at radius 2 is 1.97 bits per heavy atom. The van der Waals surface area contributed by atoms with Gasteiger partial charge in [-0.1, -0.05) is 12.1 Å². The molecule has 2 atom stereocenters. The Bertz CT molecular complexity index is 1070. The van der Waals surface area contributed by atoms with Crippen LogP contribution >= 0.6 is 0 Å². The van der Waals surface area contributed by atoms with Crippen molar-refractivity contribution in [3.63, 3.8) is 0 Å². The second-order valence-electron chi connectivity index (χ2n) is 9.23. The fraction of sp³-hybridized carbons (Fsp3) is 0.481. The van der Waals surface area contributed by atoms with Crippen molar-refractivity contribution in [2.45, 2.75) is 31.7 Å². The lowest BCUT2D eigenvalue weighted by Crippen LogP contribution is -2.49. The Hall–Kier alpha value is -2.90. The zero-order chi connectivity index (χ0) is 24.3.